The van der Waals surface area contributed by atoms with Crippen molar-refractivity contribution in [1.29, 1.82) is 0 Å². The maximum atomic E-state index is 10.6. The molecule has 0 aliphatic rings. The summed E-state index contributed by atoms with van der Waals surface area (Å²) < 4.78 is 0. The summed E-state index contributed by atoms with van der Waals surface area (Å²) in [6.07, 6.45) is 0. The molecule has 0 aromatic heterocycles. The third-order valence-electron chi connectivity index (χ3n) is 3.50. The van der Waals surface area contributed by atoms with Crippen molar-refractivity contribution in [2.75, 3.05) is 13.2 Å². The van der Waals surface area contributed by atoms with Crippen molar-refractivity contribution < 1.29 is 15.5 Å². The Morgan fingerprint density at radius 1 is 0.950 bits per heavy atom. The summed E-state index contributed by atoms with van der Waals surface area (Å²) in [5.41, 5.74) is 3.02. The Kier molecular flexibility index (Phi) is 5.22. The van der Waals surface area contributed by atoms with Crippen molar-refractivity contribution in [3.63, 3.8) is 0 Å². The van der Waals surface area contributed by atoms with E-state index in [1.54, 1.807) is 0 Å². The van der Waals surface area contributed by atoms with Crippen molar-refractivity contribution in [1.82, 2.24) is 0 Å². The third kappa shape index (κ3) is 4.22. The van der Waals surface area contributed by atoms with Crippen LogP contribution in [-0.4, -0.2) is 23.4 Å². The number of benzene rings is 1. The van der Waals surface area contributed by atoms with Gasteiger partial charge in [0.1, 0.15) is 12.3 Å². The van der Waals surface area contributed by atoms with Crippen LogP contribution < -0.4 is 5.32 Å². The number of phenols is 1. The Morgan fingerprint density at radius 2 is 1.40 bits per heavy atom. The number of hydrogen-bond donors (Lipinski definition) is 3. The third-order valence-corrected chi connectivity index (χ3v) is 3.50. The van der Waals surface area contributed by atoms with E-state index in [-0.39, 0.29) is 17.4 Å². The van der Waals surface area contributed by atoms with Gasteiger partial charge in [-0.1, -0.05) is 41.5 Å². The molecule has 0 spiro atoms. The fraction of sp³-hybridized carbons (Fsp3) is 0.647. The normalized spacial score (nSPS) is 12.8. The van der Waals surface area contributed by atoms with E-state index in [9.17, 15) is 5.11 Å². The van der Waals surface area contributed by atoms with E-state index in [4.69, 9.17) is 5.11 Å². The van der Waals surface area contributed by atoms with Crippen LogP contribution >= 0.6 is 0 Å². The van der Waals surface area contributed by atoms with Crippen LogP contribution in [0, 0.1) is 0 Å². The van der Waals surface area contributed by atoms with Gasteiger partial charge in [-0.15, -0.1) is 0 Å². The van der Waals surface area contributed by atoms with Gasteiger partial charge < -0.3 is 15.5 Å². The van der Waals surface area contributed by atoms with E-state index in [2.05, 4.69) is 59.0 Å². The molecular formula is C17H30NO2+. The molecule has 0 aliphatic heterocycles. The van der Waals surface area contributed by atoms with Gasteiger partial charge in [0.05, 0.1) is 13.2 Å². The van der Waals surface area contributed by atoms with Gasteiger partial charge in [0, 0.05) is 16.7 Å². The minimum Gasteiger partial charge on any atom is -0.507 e. The standard InChI is InChI=1S/C17H29NO2/c1-16(2,3)13-9-12(11-18-7-8-19)10-14(15(13)20)17(4,5)6/h9-10,18-20H,7-8,11H2,1-6H3/p+1. The van der Waals surface area contributed by atoms with Gasteiger partial charge in [0.15, 0.2) is 0 Å². The largest absolute Gasteiger partial charge is 0.507 e. The molecule has 1 rings (SSSR count). The molecular weight excluding hydrogens is 250 g/mol. The molecule has 0 amide bonds. The Bertz CT molecular complexity index is 418. The van der Waals surface area contributed by atoms with Crippen LogP contribution in [0.4, 0.5) is 0 Å². The zero-order chi connectivity index (χ0) is 15.6. The zero-order valence-electron chi connectivity index (χ0n) is 13.7. The SMILES string of the molecule is CC(C)(C)c1cc(C[NH2+]CCO)cc(C(C)(C)C)c1O. The summed E-state index contributed by atoms with van der Waals surface area (Å²) in [7, 11) is 0. The second-order valence-electron chi connectivity index (χ2n) is 7.54. The fourth-order valence-corrected chi connectivity index (χ4v) is 2.32. The van der Waals surface area contributed by atoms with Gasteiger partial charge >= 0.3 is 0 Å². The maximum absolute atomic E-state index is 10.6. The van der Waals surface area contributed by atoms with E-state index < -0.39 is 0 Å². The number of rotatable bonds is 4. The van der Waals surface area contributed by atoms with Gasteiger partial charge in [0.25, 0.3) is 0 Å². The van der Waals surface area contributed by atoms with Gasteiger partial charge in [-0.2, -0.15) is 0 Å². The number of aliphatic hydroxyl groups is 1. The number of nitrogens with two attached hydrogens (primary N) is 1. The van der Waals surface area contributed by atoms with Crippen molar-refractivity contribution in [3.8, 4) is 5.75 Å². The lowest BCUT2D eigenvalue weighted by Gasteiger charge is -2.28. The zero-order valence-corrected chi connectivity index (χ0v) is 13.7. The molecule has 0 saturated carbocycles. The molecule has 0 bridgehead atoms. The molecule has 0 radical (unpaired) electrons. The molecule has 3 heteroatoms. The predicted octanol–water partition coefficient (Wildman–Crippen LogP) is 2.04. The van der Waals surface area contributed by atoms with Crippen LogP contribution in [0.25, 0.3) is 0 Å². The van der Waals surface area contributed by atoms with Crippen LogP contribution in [0.15, 0.2) is 12.1 Å². The second-order valence-corrected chi connectivity index (χ2v) is 7.54. The molecule has 0 fully saturated rings. The molecule has 0 saturated heterocycles. The predicted molar refractivity (Wildman–Crippen MR) is 83.1 cm³/mol. The number of aromatic hydroxyl groups is 1. The minimum absolute atomic E-state index is 0.0862. The first kappa shape index (κ1) is 17.0. The number of aliphatic hydroxyl groups excluding tert-OH is 1. The molecule has 0 heterocycles. The lowest BCUT2D eigenvalue weighted by Crippen LogP contribution is -2.83. The van der Waals surface area contributed by atoms with Crippen LogP contribution in [0.1, 0.15) is 58.2 Å². The molecule has 114 valence electrons. The average Bonchev–Trinajstić information content (AvgIpc) is 2.28. The highest BCUT2D eigenvalue weighted by molar-refractivity contribution is 5.49. The summed E-state index contributed by atoms with van der Waals surface area (Å²) in [5.74, 6) is 0.427. The molecule has 0 unspecified atom stereocenters. The van der Waals surface area contributed by atoms with Gasteiger partial charge in [-0.25, -0.2) is 0 Å². The summed E-state index contributed by atoms with van der Waals surface area (Å²) in [5, 5.41) is 21.6. The molecule has 4 N–H and O–H groups in total. The number of phenolic OH excluding ortho intramolecular Hbond substituents is 1. The first-order valence-electron chi connectivity index (χ1n) is 7.36. The highest BCUT2D eigenvalue weighted by Crippen LogP contribution is 2.39. The summed E-state index contributed by atoms with van der Waals surface area (Å²) >= 11 is 0. The van der Waals surface area contributed by atoms with E-state index in [0.29, 0.717) is 12.3 Å². The van der Waals surface area contributed by atoms with Crippen LogP contribution in [-0.2, 0) is 17.4 Å². The van der Waals surface area contributed by atoms with E-state index >= 15 is 0 Å². The smallest absolute Gasteiger partial charge is 0.123 e. The average molecular weight is 280 g/mol. The summed E-state index contributed by atoms with van der Waals surface area (Å²) in [6, 6.07) is 4.19. The van der Waals surface area contributed by atoms with Gasteiger partial charge in [-0.3, -0.25) is 0 Å². The van der Waals surface area contributed by atoms with Crippen molar-refractivity contribution >= 4 is 0 Å². The Morgan fingerprint density at radius 3 is 1.75 bits per heavy atom. The first-order chi connectivity index (χ1) is 9.07. The minimum atomic E-state index is -0.0862. The highest BCUT2D eigenvalue weighted by Gasteiger charge is 2.26. The van der Waals surface area contributed by atoms with Gasteiger partial charge in [-0.05, 0) is 23.0 Å². The van der Waals surface area contributed by atoms with Gasteiger partial charge in [0.2, 0.25) is 0 Å². The molecule has 0 atom stereocenters. The molecule has 0 aliphatic carbocycles. The van der Waals surface area contributed by atoms with Crippen LogP contribution in [0.5, 0.6) is 5.75 Å². The summed E-state index contributed by atoms with van der Waals surface area (Å²) in [4.78, 5) is 0. The van der Waals surface area contributed by atoms with E-state index in [0.717, 1.165) is 17.7 Å². The first-order valence-corrected chi connectivity index (χ1v) is 7.36. The van der Waals surface area contributed by atoms with Crippen molar-refractivity contribution in [3.05, 3.63) is 28.8 Å². The molecule has 1 aromatic carbocycles. The molecule has 20 heavy (non-hydrogen) atoms. The highest BCUT2D eigenvalue weighted by atomic mass is 16.3. The van der Waals surface area contributed by atoms with E-state index in [1.807, 2.05) is 0 Å². The second kappa shape index (κ2) is 6.15. The number of quaternary nitrogens is 1. The fourth-order valence-electron chi connectivity index (χ4n) is 2.32. The monoisotopic (exact) mass is 280 g/mol. The van der Waals surface area contributed by atoms with Crippen LogP contribution in [0.3, 0.4) is 0 Å². The van der Waals surface area contributed by atoms with Crippen molar-refractivity contribution in [2.45, 2.75) is 58.9 Å². The topological polar surface area (TPSA) is 57.1 Å². The van der Waals surface area contributed by atoms with E-state index in [1.165, 1.54) is 5.56 Å². The Balaban J connectivity index is 3.28. The van der Waals surface area contributed by atoms with Crippen LogP contribution in [0.2, 0.25) is 0 Å². The molecule has 3 nitrogen and oxygen atoms in total. The number of hydrogen-bond acceptors (Lipinski definition) is 2. The molecule has 1 aromatic rings. The lowest BCUT2D eigenvalue weighted by atomic mass is 9.78. The lowest BCUT2D eigenvalue weighted by molar-refractivity contribution is -0.671. The maximum Gasteiger partial charge on any atom is 0.123 e. The quantitative estimate of drug-likeness (QED) is 0.739. The van der Waals surface area contributed by atoms with Crippen molar-refractivity contribution in [2.24, 2.45) is 0 Å². The summed E-state index contributed by atoms with van der Waals surface area (Å²) in [6.45, 7) is 14.4. The Hall–Kier alpha value is -1.06. The Labute approximate surface area is 123 Å².